The molecular weight excluding hydrogens is 408 g/mol. The van der Waals surface area contributed by atoms with Crippen molar-refractivity contribution in [2.75, 3.05) is 0 Å². The molecule has 0 saturated carbocycles. The Morgan fingerprint density at radius 3 is 2.50 bits per heavy atom. The first-order valence-electron chi connectivity index (χ1n) is 10.6. The third-order valence-corrected chi connectivity index (χ3v) is 5.51. The number of rotatable bonds is 8. The van der Waals surface area contributed by atoms with Crippen molar-refractivity contribution in [1.82, 2.24) is 20.1 Å². The lowest BCUT2D eigenvalue weighted by Crippen LogP contribution is -2.43. The van der Waals surface area contributed by atoms with E-state index in [0.29, 0.717) is 17.3 Å². The minimum absolute atomic E-state index is 0.0430. The van der Waals surface area contributed by atoms with Crippen molar-refractivity contribution in [2.24, 2.45) is 0 Å². The van der Waals surface area contributed by atoms with E-state index >= 15 is 0 Å². The normalized spacial score (nSPS) is 12.2. The van der Waals surface area contributed by atoms with Gasteiger partial charge in [-0.2, -0.15) is 5.10 Å². The highest BCUT2D eigenvalue weighted by Crippen LogP contribution is 2.20. The van der Waals surface area contributed by atoms with E-state index in [4.69, 9.17) is 0 Å². The van der Waals surface area contributed by atoms with Crippen LogP contribution in [-0.4, -0.2) is 37.8 Å². The third-order valence-electron chi connectivity index (χ3n) is 5.51. The summed E-state index contributed by atoms with van der Waals surface area (Å²) in [4.78, 5) is 41.0. The van der Waals surface area contributed by atoms with Crippen molar-refractivity contribution in [1.29, 1.82) is 0 Å². The Morgan fingerprint density at radius 2 is 1.78 bits per heavy atom. The maximum atomic E-state index is 13.1. The average molecular weight is 432 g/mol. The Labute approximate surface area is 183 Å². The average Bonchev–Trinajstić information content (AvgIpc) is 3.21. The summed E-state index contributed by atoms with van der Waals surface area (Å²) in [5, 5.41) is 18.3. The standard InChI is InChI=1S/C24H24N4O4/c1-2-3-12-28-23(30)18-10-5-4-9-17(18)21(27-28)22(29)26-20(24(31)32)13-15-14-25-19-11-7-6-8-16(15)19/h4-11,14,20,25H,2-3,12-13H2,1H3,(H,26,29)(H,31,32)/t20-/m0/s1. The van der Waals surface area contributed by atoms with Gasteiger partial charge >= 0.3 is 5.97 Å². The lowest BCUT2D eigenvalue weighted by molar-refractivity contribution is -0.139. The highest BCUT2D eigenvalue weighted by atomic mass is 16.4. The number of carboxylic acids is 1. The molecule has 0 aliphatic heterocycles. The van der Waals surface area contributed by atoms with Gasteiger partial charge in [0.2, 0.25) is 0 Å². The summed E-state index contributed by atoms with van der Waals surface area (Å²) in [6, 6.07) is 13.2. The van der Waals surface area contributed by atoms with Gasteiger partial charge in [-0.25, -0.2) is 9.48 Å². The van der Waals surface area contributed by atoms with E-state index in [9.17, 15) is 19.5 Å². The predicted molar refractivity (Wildman–Crippen MR) is 122 cm³/mol. The van der Waals surface area contributed by atoms with Gasteiger partial charge in [0.25, 0.3) is 11.5 Å². The molecular formula is C24H24N4O4. The first kappa shape index (κ1) is 21.3. The van der Waals surface area contributed by atoms with E-state index in [1.54, 1.807) is 30.5 Å². The Morgan fingerprint density at radius 1 is 1.09 bits per heavy atom. The van der Waals surface area contributed by atoms with Gasteiger partial charge in [0.05, 0.1) is 5.39 Å². The third kappa shape index (κ3) is 4.12. The molecule has 0 radical (unpaired) electrons. The van der Waals surface area contributed by atoms with Gasteiger partial charge in [-0.15, -0.1) is 0 Å². The first-order chi connectivity index (χ1) is 15.5. The van der Waals surface area contributed by atoms with Crippen LogP contribution in [0.5, 0.6) is 0 Å². The van der Waals surface area contributed by atoms with Crippen LogP contribution in [0.4, 0.5) is 0 Å². The lowest BCUT2D eigenvalue weighted by Gasteiger charge is -2.16. The molecule has 1 atom stereocenters. The fourth-order valence-electron chi connectivity index (χ4n) is 3.81. The van der Waals surface area contributed by atoms with E-state index in [1.165, 1.54) is 4.68 Å². The van der Waals surface area contributed by atoms with E-state index in [2.05, 4.69) is 15.4 Å². The van der Waals surface area contributed by atoms with Crippen LogP contribution in [0.1, 0.15) is 35.8 Å². The number of benzene rings is 2. The van der Waals surface area contributed by atoms with Crippen molar-refractivity contribution in [2.45, 2.75) is 38.8 Å². The van der Waals surface area contributed by atoms with Crippen molar-refractivity contribution >= 4 is 33.6 Å². The van der Waals surface area contributed by atoms with Crippen LogP contribution in [0, 0.1) is 0 Å². The van der Waals surface area contributed by atoms with Crippen LogP contribution in [0.2, 0.25) is 0 Å². The highest BCUT2D eigenvalue weighted by Gasteiger charge is 2.25. The molecule has 164 valence electrons. The Bertz CT molecular complexity index is 1360. The van der Waals surface area contributed by atoms with Crippen LogP contribution < -0.4 is 10.9 Å². The number of aromatic amines is 1. The second kappa shape index (κ2) is 9.05. The maximum Gasteiger partial charge on any atom is 0.326 e. The molecule has 1 amide bonds. The van der Waals surface area contributed by atoms with Crippen LogP contribution in [-0.2, 0) is 17.8 Å². The number of hydrogen-bond donors (Lipinski definition) is 3. The summed E-state index contributed by atoms with van der Waals surface area (Å²) in [5.74, 6) is -1.77. The highest BCUT2D eigenvalue weighted by molar-refractivity contribution is 6.05. The molecule has 3 N–H and O–H groups in total. The number of aryl methyl sites for hydroxylation is 1. The number of aliphatic carboxylic acids is 1. The molecule has 0 aliphatic rings. The van der Waals surface area contributed by atoms with Gasteiger partial charge in [-0.05, 0) is 24.1 Å². The molecule has 4 aromatic rings. The van der Waals surface area contributed by atoms with Crippen LogP contribution in [0.25, 0.3) is 21.7 Å². The number of fused-ring (bicyclic) bond motifs is 2. The second-order valence-corrected chi connectivity index (χ2v) is 7.70. The molecule has 2 aromatic heterocycles. The SMILES string of the molecule is CCCCn1nc(C(=O)N[C@@H](Cc2c[nH]c3ccccc23)C(=O)O)c2ccccc2c1=O. The summed E-state index contributed by atoms with van der Waals surface area (Å²) >= 11 is 0. The minimum atomic E-state index is -1.15. The second-order valence-electron chi connectivity index (χ2n) is 7.70. The zero-order valence-corrected chi connectivity index (χ0v) is 17.7. The summed E-state index contributed by atoms with van der Waals surface area (Å²) in [7, 11) is 0. The number of aromatic nitrogens is 3. The van der Waals surface area contributed by atoms with E-state index in [-0.39, 0.29) is 17.7 Å². The maximum absolute atomic E-state index is 13.1. The largest absolute Gasteiger partial charge is 0.480 e. The monoisotopic (exact) mass is 432 g/mol. The number of carbonyl (C=O) groups is 2. The summed E-state index contributed by atoms with van der Waals surface area (Å²) in [6.07, 6.45) is 3.47. The molecule has 0 fully saturated rings. The van der Waals surface area contributed by atoms with Crippen molar-refractivity contribution in [3.8, 4) is 0 Å². The molecule has 8 nitrogen and oxygen atoms in total. The van der Waals surface area contributed by atoms with Crippen LogP contribution in [0.15, 0.2) is 59.5 Å². The zero-order chi connectivity index (χ0) is 22.7. The molecule has 0 bridgehead atoms. The number of carbonyl (C=O) groups excluding carboxylic acids is 1. The number of amides is 1. The topological polar surface area (TPSA) is 117 Å². The quantitative estimate of drug-likeness (QED) is 0.396. The molecule has 2 heterocycles. The number of unbranched alkanes of at least 4 members (excludes halogenated alkanes) is 1. The molecule has 0 unspecified atom stereocenters. The predicted octanol–water partition coefficient (Wildman–Crippen LogP) is 3.10. The van der Waals surface area contributed by atoms with Gasteiger partial charge < -0.3 is 15.4 Å². The fraction of sp³-hybridized carbons (Fsp3) is 0.250. The Hall–Kier alpha value is -3.94. The van der Waals surface area contributed by atoms with E-state index < -0.39 is 17.9 Å². The molecule has 32 heavy (non-hydrogen) atoms. The summed E-state index contributed by atoms with van der Waals surface area (Å²) < 4.78 is 1.29. The summed E-state index contributed by atoms with van der Waals surface area (Å²) in [6.45, 7) is 2.39. The number of nitrogens with zero attached hydrogens (tertiary/aromatic N) is 2. The van der Waals surface area contributed by atoms with Crippen LogP contribution >= 0.6 is 0 Å². The van der Waals surface area contributed by atoms with Crippen molar-refractivity contribution in [3.63, 3.8) is 0 Å². The van der Waals surface area contributed by atoms with Gasteiger partial charge in [0.1, 0.15) is 6.04 Å². The minimum Gasteiger partial charge on any atom is -0.480 e. The molecule has 0 saturated heterocycles. The van der Waals surface area contributed by atoms with Gasteiger partial charge in [-0.1, -0.05) is 49.7 Å². The molecule has 0 spiro atoms. The number of nitrogens with one attached hydrogen (secondary N) is 2. The molecule has 4 rings (SSSR count). The van der Waals surface area contributed by atoms with Crippen LogP contribution in [0.3, 0.4) is 0 Å². The van der Waals surface area contributed by atoms with E-state index in [0.717, 1.165) is 29.3 Å². The Kier molecular flexibility index (Phi) is 6.02. The number of carboxylic acid groups (broad SMARTS) is 1. The molecule has 8 heteroatoms. The van der Waals surface area contributed by atoms with Gasteiger partial charge in [0, 0.05) is 35.5 Å². The van der Waals surface area contributed by atoms with E-state index in [1.807, 2.05) is 31.2 Å². The fourth-order valence-corrected chi connectivity index (χ4v) is 3.81. The van der Waals surface area contributed by atoms with Crippen molar-refractivity contribution in [3.05, 3.63) is 76.3 Å². The number of hydrogen-bond acceptors (Lipinski definition) is 4. The molecule has 2 aromatic carbocycles. The first-order valence-corrected chi connectivity index (χ1v) is 10.6. The zero-order valence-electron chi connectivity index (χ0n) is 17.7. The smallest absolute Gasteiger partial charge is 0.326 e. The number of para-hydroxylation sites is 1. The number of H-pyrrole nitrogens is 1. The van der Waals surface area contributed by atoms with Crippen molar-refractivity contribution < 1.29 is 14.7 Å². The summed E-state index contributed by atoms with van der Waals surface area (Å²) in [5.41, 5.74) is 1.47. The molecule has 0 aliphatic carbocycles. The van der Waals surface area contributed by atoms with Gasteiger partial charge in [-0.3, -0.25) is 9.59 Å². The Balaban J connectivity index is 1.67. The van der Waals surface area contributed by atoms with Gasteiger partial charge in [0.15, 0.2) is 5.69 Å². The lowest BCUT2D eigenvalue weighted by atomic mass is 10.0.